The molecule has 0 atom stereocenters. The molecule has 0 aliphatic carbocycles. The fraction of sp³-hybridized carbons (Fsp3) is 0.533. The summed E-state index contributed by atoms with van der Waals surface area (Å²) in [5.41, 5.74) is 3.24. The molecule has 0 amide bonds. The minimum absolute atomic E-state index is 0.0224. The van der Waals surface area contributed by atoms with E-state index in [2.05, 4.69) is 31.4 Å². The number of Topliss-reactive ketones (excluding diaryl/α,β-unsaturated/α-hetero) is 1. The summed E-state index contributed by atoms with van der Waals surface area (Å²) in [5, 5.41) is 6.59. The van der Waals surface area contributed by atoms with Gasteiger partial charge in [0, 0.05) is 23.3 Å². The monoisotopic (exact) mass is 246 g/mol. The van der Waals surface area contributed by atoms with Crippen LogP contribution in [0.3, 0.4) is 0 Å². The Morgan fingerprint density at radius 1 is 1.39 bits per heavy atom. The van der Waals surface area contributed by atoms with Crippen LogP contribution in [0.4, 0.5) is 5.69 Å². The second-order valence-corrected chi connectivity index (χ2v) is 5.93. The lowest BCUT2D eigenvalue weighted by atomic mass is 9.99. The fourth-order valence-electron chi connectivity index (χ4n) is 2.10. The molecule has 1 heterocycles. The summed E-state index contributed by atoms with van der Waals surface area (Å²) in [4.78, 5) is 12.1. The molecule has 1 aliphatic rings. The van der Waals surface area contributed by atoms with Crippen molar-refractivity contribution in [3.05, 3.63) is 29.3 Å². The Morgan fingerprint density at radius 2 is 2.17 bits per heavy atom. The number of carbonyl (C=O) groups excluding carboxylic acids is 1. The second kappa shape index (κ2) is 5.11. The molecule has 1 aromatic rings. The van der Waals surface area contributed by atoms with Gasteiger partial charge in [-0.25, -0.2) is 0 Å². The lowest BCUT2D eigenvalue weighted by Gasteiger charge is -2.21. The van der Waals surface area contributed by atoms with Crippen molar-refractivity contribution in [1.82, 2.24) is 5.32 Å². The number of fused-ring (bicyclic) bond motifs is 1. The van der Waals surface area contributed by atoms with E-state index < -0.39 is 0 Å². The molecule has 0 bridgehead atoms. The highest BCUT2D eigenvalue weighted by molar-refractivity contribution is 5.98. The third-order valence-corrected chi connectivity index (χ3v) is 3.14. The minimum atomic E-state index is -0.0224. The van der Waals surface area contributed by atoms with Crippen molar-refractivity contribution in [2.75, 3.05) is 18.4 Å². The van der Waals surface area contributed by atoms with Crippen LogP contribution < -0.4 is 10.6 Å². The van der Waals surface area contributed by atoms with Gasteiger partial charge in [0.15, 0.2) is 5.78 Å². The van der Waals surface area contributed by atoms with Crippen molar-refractivity contribution >= 4 is 11.5 Å². The number of nitrogens with one attached hydrogen (secondary N) is 2. The summed E-state index contributed by atoms with van der Waals surface area (Å²) < 4.78 is 0. The lowest BCUT2D eigenvalue weighted by Crippen LogP contribution is -2.39. The van der Waals surface area contributed by atoms with E-state index in [9.17, 15) is 4.79 Å². The van der Waals surface area contributed by atoms with E-state index in [0.717, 1.165) is 24.9 Å². The van der Waals surface area contributed by atoms with Crippen molar-refractivity contribution in [2.24, 2.45) is 0 Å². The zero-order valence-electron chi connectivity index (χ0n) is 11.5. The molecule has 2 rings (SSSR count). The summed E-state index contributed by atoms with van der Waals surface area (Å²) in [6.45, 7) is 7.63. The summed E-state index contributed by atoms with van der Waals surface area (Å²) in [5.74, 6) is 0.165. The normalized spacial score (nSPS) is 14.8. The molecule has 0 fully saturated rings. The maximum absolute atomic E-state index is 12.1. The van der Waals surface area contributed by atoms with Crippen molar-refractivity contribution in [3.8, 4) is 0 Å². The molecule has 98 valence electrons. The summed E-state index contributed by atoms with van der Waals surface area (Å²) in [6.07, 6.45) is 2.21. The van der Waals surface area contributed by atoms with Crippen LogP contribution in [-0.2, 0) is 6.42 Å². The number of aryl methyl sites for hydroxylation is 1. The average Bonchev–Trinajstić information content (AvgIpc) is 2.34. The molecular formula is C15H22N2O. The van der Waals surface area contributed by atoms with Crippen LogP contribution >= 0.6 is 0 Å². The highest BCUT2D eigenvalue weighted by atomic mass is 16.1. The van der Waals surface area contributed by atoms with Crippen LogP contribution in [0.25, 0.3) is 0 Å². The standard InChI is InChI=1S/C15H22N2O/c1-15(2,3)17-10-14(18)12-6-7-13-11(9-12)5-4-8-16-13/h6-7,9,16-17H,4-5,8,10H2,1-3H3. The molecule has 3 heteroatoms. The van der Waals surface area contributed by atoms with Crippen LogP contribution in [0.2, 0.25) is 0 Å². The first kappa shape index (κ1) is 13.1. The van der Waals surface area contributed by atoms with E-state index in [1.807, 2.05) is 18.2 Å². The summed E-state index contributed by atoms with van der Waals surface area (Å²) in [7, 11) is 0. The van der Waals surface area contributed by atoms with Gasteiger partial charge in [0.05, 0.1) is 6.54 Å². The molecule has 0 saturated carbocycles. The van der Waals surface area contributed by atoms with Gasteiger partial charge in [-0.3, -0.25) is 4.79 Å². The maximum atomic E-state index is 12.1. The fourth-order valence-corrected chi connectivity index (χ4v) is 2.10. The third kappa shape index (κ3) is 3.33. The first-order valence-electron chi connectivity index (χ1n) is 6.61. The van der Waals surface area contributed by atoms with E-state index >= 15 is 0 Å². The predicted octanol–water partition coefficient (Wildman–Crippen LogP) is 2.62. The molecule has 0 aromatic heterocycles. The van der Waals surface area contributed by atoms with Gasteiger partial charge in [-0.05, 0) is 57.4 Å². The van der Waals surface area contributed by atoms with E-state index in [1.54, 1.807) is 0 Å². The van der Waals surface area contributed by atoms with Gasteiger partial charge in [-0.2, -0.15) is 0 Å². The topological polar surface area (TPSA) is 41.1 Å². The summed E-state index contributed by atoms with van der Waals surface area (Å²) in [6, 6.07) is 5.98. The van der Waals surface area contributed by atoms with Crippen LogP contribution in [0.1, 0.15) is 43.1 Å². The molecule has 2 N–H and O–H groups in total. The van der Waals surface area contributed by atoms with E-state index in [-0.39, 0.29) is 11.3 Å². The Balaban J connectivity index is 2.07. The molecule has 1 aromatic carbocycles. The van der Waals surface area contributed by atoms with Crippen molar-refractivity contribution in [2.45, 2.75) is 39.2 Å². The van der Waals surface area contributed by atoms with Gasteiger partial charge in [-0.1, -0.05) is 0 Å². The maximum Gasteiger partial charge on any atom is 0.176 e. The van der Waals surface area contributed by atoms with Crippen molar-refractivity contribution in [3.63, 3.8) is 0 Å². The lowest BCUT2D eigenvalue weighted by molar-refractivity contribution is 0.0982. The molecule has 1 aliphatic heterocycles. The third-order valence-electron chi connectivity index (χ3n) is 3.14. The second-order valence-electron chi connectivity index (χ2n) is 5.93. The van der Waals surface area contributed by atoms with E-state index in [0.29, 0.717) is 6.54 Å². The molecule has 3 nitrogen and oxygen atoms in total. The Kier molecular flexibility index (Phi) is 3.71. The van der Waals surface area contributed by atoms with Gasteiger partial charge >= 0.3 is 0 Å². The highest BCUT2D eigenvalue weighted by Gasteiger charge is 2.15. The predicted molar refractivity (Wildman–Crippen MR) is 75.3 cm³/mol. The molecule has 0 unspecified atom stereocenters. The van der Waals surface area contributed by atoms with Crippen molar-refractivity contribution < 1.29 is 4.79 Å². The van der Waals surface area contributed by atoms with Crippen LogP contribution in [0.5, 0.6) is 0 Å². The Labute approximate surface area is 109 Å². The number of anilines is 1. The Hall–Kier alpha value is -1.35. The average molecular weight is 246 g/mol. The number of rotatable bonds is 3. The highest BCUT2D eigenvalue weighted by Crippen LogP contribution is 2.23. The SMILES string of the molecule is CC(C)(C)NCC(=O)c1ccc2c(c1)CCCN2. The largest absolute Gasteiger partial charge is 0.385 e. The van der Waals surface area contributed by atoms with E-state index in [4.69, 9.17) is 0 Å². The number of hydrogen-bond acceptors (Lipinski definition) is 3. The number of hydrogen-bond donors (Lipinski definition) is 2. The molecule has 0 spiro atoms. The van der Waals surface area contributed by atoms with Crippen molar-refractivity contribution in [1.29, 1.82) is 0 Å². The number of benzene rings is 1. The van der Waals surface area contributed by atoms with Gasteiger partial charge in [0.2, 0.25) is 0 Å². The van der Waals surface area contributed by atoms with Gasteiger partial charge in [0.25, 0.3) is 0 Å². The molecule has 0 radical (unpaired) electrons. The Bertz CT molecular complexity index is 446. The first-order valence-corrected chi connectivity index (χ1v) is 6.61. The smallest absolute Gasteiger partial charge is 0.176 e. The van der Waals surface area contributed by atoms with Crippen LogP contribution in [-0.4, -0.2) is 24.4 Å². The van der Waals surface area contributed by atoms with E-state index in [1.165, 1.54) is 11.3 Å². The number of carbonyl (C=O) groups is 1. The first-order chi connectivity index (χ1) is 8.46. The zero-order valence-corrected chi connectivity index (χ0v) is 11.5. The molecule has 0 saturated heterocycles. The summed E-state index contributed by atoms with van der Waals surface area (Å²) >= 11 is 0. The Morgan fingerprint density at radius 3 is 2.89 bits per heavy atom. The minimum Gasteiger partial charge on any atom is -0.385 e. The van der Waals surface area contributed by atoms with Gasteiger partial charge in [-0.15, -0.1) is 0 Å². The zero-order chi connectivity index (χ0) is 13.2. The van der Waals surface area contributed by atoms with Crippen LogP contribution in [0, 0.1) is 0 Å². The van der Waals surface area contributed by atoms with Gasteiger partial charge in [0.1, 0.15) is 0 Å². The number of ketones is 1. The molecular weight excluding hydrogens is 224 g/mol. The quantitative estimate of drug-likeness (QED) is 0.806. The van der Waals surface area contributed by atoms with Crippen LogP contribution in [0.15, 0.2) is 18.2 Å². The van der Waals surface area contributed by atoms with Gasteiger partial charge < -0.3 is 10.6 Å². The molecule has 18 heavy (non-hydrogen) atoms.